The minimum Gasteiger partial charge on any atom is -0.377 e. The van der Waals surface area contributed by atoms with Gasteiger partial charge in [0.25, 0.3) is 0 Å². The Morgan fingerprint density at radius 2 is 1.45 bits per heavy atom. The lowest BCUT2D eigenvalue weighted by Crippen LogP contribution is -2.14. The van der Waals surface area contributed by atoms with Crippen LogP contribution in [-0.2, 0) is 4.74 Å². The maximum absolute atomic E-state index is 5.58. The van der Waals surface area contributed by atoms with E-state index in [1.165, 1.54) is 82.6 Å². The maximum Gasteiger partial charge on any atom is 0.0818 e. The molecule has 1 nitrogen and oxygen atoms in total. The van der Waals surface area contributed by atoms with Crippen LogP contribution in [0.2, 0.25) is 0 Å². The van der Waals surface area contributed by atoms with E-state index in [0.717, 1.165) is 30.1 Å². The number of hydrogen-bond acceptors (Lipinski definition) is 1. The number of ether oxygens (including phenoxy) is 1. The van der Waals surface area contributed by atoms with Crippen LogP contribution in [0.15, 0.2) is 36.9 Å². The van der Waals surface area contributed by atoms with Crippen molar-refractivity contribution >= 4 is 0 Å². The predicted octanol–water partition coefficient (Wildman–Crippen LogP) is 8.61. The van der Waals surface area contributed by atoms with E-state index >= 15 is 0 Å². The van der Waals surface area contributed by atoms with Gasteiger partial charge >= 0.3 is 0 Å². The van der Waals surface area contributed by atoms with Crippen molar-refractivity contribution in [2.45, 2.75) is 102 Å². The van der Waals surface area contributed by atoms with E-state index in [2.05, 4.69) is 43.8 Å². The normalized spacial score (nSPS) is 28.8. The molecule has 0 bridgehead atoms. The molecule has 1 heteroatoms. The fourth-order valence-corrected chi connectivity index (χ4v) is 5.88. The predicted molar refractivity (Wildman–Crippen MR) is 125 cm³/mol. The van der Waals surface area contributed by atoms with Crippen LogP contribution in [0.3, 0.4) is 0 Å². The molecule has 0 aromatic heterocycles. The van der Waals surface area contributed by atoms with Crippen LogP contribution in [0.25, 0.3) is 0 Å². The topological polar surface area (TPSA) is 9.23 Å². The summed E-state index contributed by atoms with van der Waals surface area (Å²) in [5.41, 5.74) is 2.87. The Morgan fingerprint density at radius 1 is 0.897 bits per heavy atom. The molecule has 2 aliphatic rings. The summed E-state index contributed by atoms with van der Waals surface area (Å²) >= 11 is 0. The average molecular weight is 397 g/mol. The van der Waals surface area contributed by atoms with Crippen molar-refractivity contribution in [3.8, 4) is 0 Å². The van der Waals surface area contributed by atoms with E-state index in [4.69, 9.17) is 4.74 Å². The Kier molecular flexibility index (Phi) is 9.31. The number of hydrogen-bond donors (Lipinski definition) is 0. The molecule has 1 unspecified atom stereocenters. The Balaban J connectivity index is 1.32. The Bertz CT molecular complexity index is 569. The van der Waals surface area contributed by atoms with Crippen LogP contribution in [0.1, 0.15) is 114 Å². The van der Waals surface area contributed by atoms with Crippen LogP contribution in [-0.4, -0.2) is 7.11 Å². The van der Waals surface area contributed by atoms with Gasteiger partial charge in [-0.3, -0.25) is 0 Å². The molecular weight excluding hydrogens is 352 g/mol. The smallest absolute Gasteiger partial charge is 0.0818 e. The highest BCUT2D eigenvalue weighted by Gasteiger charge is 2.23. The van der Waals surface area contributed by atoms with Crippen molar-refractivity contribution in [1.29, 1.82) is 0 Å². The molecule has 1 aromatic carbocycles. The second-order valence-corrected chi connectivity index (χ2v) is 9.82. The van der Waals surface area contributed by atoms with Crippen LogP contribution in [0.4, 0.5) is 0 Å². The van der Waals surface area contributed by atoms with Crippen molar-refractivity contribution < 1.29 is 4.74 Å². The Morgan fingerprint density at radius 3 is 1.93 bits per heavy atom. The first-order chi connectivity index (χ1) is 14.2. The summed E-state index contributed by atoms with van der Waals surface area (Å²) in [7, 11) is 1.82. The summed E-state index contributed by atoms with van der Waals surface area (Å²) in [5.74, 6) is 3.59. The first-order valence-electron chi connectivity index (χ1n) is 12.5. The van der Waals surface area contributed by atoms with E-state index in [1.54, 1.807) is 5.56 Å². The van der Waals surface area contributed by atoms with Crippen LogP contribution >= 0.6 is 0 Å². The van der Waals surface area contributed by atoms with Gasteiger partial charge in [0.1, 0.15) is 0 Å². The molecule has 29 heavy (non-hydrogen) atoms. The van der Waals surface area contributed by atoms with Crippen LogP contribution < -0.4 is 0 Å². The summed E-state index contributed by atoms with van der Waals surface area (Å²) in [6, 6.07) is 9.31. The molecule has 1 atom stereocenters. The van der Waals surface area contributed by atoms with Crippen molar-refractivity contribution in [1.82, 2.24) is 0 Å². The second-order valence-electron chi connectivity index (χ2n) is 9.82. The second kappa shape index (κ2) is 11.9. The molecule has 0 aliphatic heterocycles. The summed E-state index contributed by atoms with van der Waals surface area (Å²) < 4.78 is 5.58. The highest BCUT2D eigenvalue weighted by atomic mass is 16.5. The number of allylic oxidation sites excluding steroid dienone is 1. The fraction of sp³-hybridized carbons (Fsp3) is 0.714. The van der Waals surface area contributed by atoms with E-state index in [0.29, 0.717) is 0 Å². The molecule has 2 aliphatic carbocycles. The molecule has 2 fully saturated rings. The van der Waals surface area contributed by atoms with Gasteiger partial charge in [-0.25, -0.2) is 0 Å². The number of benzene rings is 1. The van der Waals surface area contributed by atoms with Gasteiger partial charge in [-0.15, -0.1) is 6.58 Å². The molecular formula is C28H44O. The van der Waals surface area contributed by atoms with Crippen LogP contribution in [0, 0.1) is 17.8 Å². The zero-order chi connectivity index (χ0) is 20.5. The van der Waals surface area contributed by atoms with E-state index in [9.17, 15) is 0 Å². The number of rotatable bonds is 10. The molecule has 0 N–H and O–H groups in total. The minimum absolute atomic E-state index is 0.247. The lowest BCUT2D eigenvalue weighted by molar-refractivity contribution is 0.100. The molecule has 2 saturated carbocycles. The number of methoxy groups -OCH3 is 1. The molecule has 162 valence electrons. The van der Waals surface area contributed by atoms with Gasteiger partial charge in [0.05, 0.1) is 6.10 Å². The Hall–Kier alpha value is -1.08. The SMILES string of the molecule is C=CC1CCC(CCCCC2CCC(c3ccc(C(CC)OC)cc3)CC2)CC1. The van der Waals surface area contributed by atoms with Gasteiger partial charge in [-0.05, 0) is 92.6 Å². The molecule has 0 amide bonds. The van der Waals surface area contributed by atoms with Gasteiger partial charge in [-0.2, -0.15) is 0 Å². The summed E-state index contributed by atoms with van der Waals surface area (Å²) in [6.07, 6.45) is 20.7. The molecule has 3 rings (SSSR count). The van der Waals surface area contributed by atoms with Crippen molar-refractivity contribution in [3.05, 3.63) is 48.0 Å². The first kappa shape index (κ1) is 22.6. The lowest BCUT2D eigenvalue weighted by atomic mass is 9.76. The molecule has 0 heterocycles. The molecule has 0 radical (unpaired) electrons. The zero-order valence-corrected chi connectivity index (χ0v) is 19.1. The largest absolute Gasteiger partial charge is 0.377 e. The van der Waals surface area contributed by atoms with Gasteiger partial charge in [0.15, 0.2) is 0 Å². The van der Waals surface area contributed by atoms with E-state index in [1.807, 2.05) is 7.11 Å². The summed E-state index contributed by atoms with van der Waals surface area (Å²) in [5, 5.41) is 0. The maximum atomic E-state index is 5.58. The quantitative estimate of drug-likeness (QED) is 0.284. The van der Waals surface area contributed by atoms with Crippen molar-refractivity contribution in [2.75, 3.05) is 7.11 Å². The van der Waals surface area contributed by atoms with Gasteiger partial charge in [0, 0.05) is 7.11 Å². The molecule has 1 aromatic rings. The van der Waals surface area contributed by atoms with Crippen LogP contribution in [0.5, 0.6) is 0 Å². The van der Waals surface area contributed by atoms with E-state index < -0.39 is 0 Å². The van der Waals surface area contributed by atoms with E-state index in [-0.39, 0.29) is 6.10 Å². The minimum atomic E-state index is 0.247. The summed E-state index contributed by atoms with van der Waals surface area (Å²) in [6.45, 7) is 6.17. The third kappa shape index (κ3) is 6.71. The monoisotopic (exact) mass is 396 g/mol. The van der Waals surface area contributed by atoms with Gasteiger partial charge in [-0.1, -0.05) is 62.9 Å². The van der Waals surface area contributed by atoms with Gasteiger partial charge in [0.2, 0.25) is 0 Å². The molecule has 0 spiro atoms. The Labute approximate surface area is 180 Å². The van der Waals surface area contributed by atoms with Crippen molar-refractivity contribution in [3.63, 3.8) is 0 Å². The third-order valence-electron chi connectivity index (χ3n) is 7.98. The zero-order valence-electron chi connectivity index (χ0n) is 19.1. The summed E-state index contributed by atoms with van der Waals surface area (Å²) in [4.78, 5) is 0. The average Bonchev–Trinajstić information content (AvgIpc) is 2.79. The fourth-order valence-electron chi connectivity index (χ4n) is 5.88. The van der Waals surface area contributed by atoms with Gasteiger partial charge < -0.3 is 4.74 Å². The third-order valence-corrected chi connectivity index (χ3v) is 7.98. The molecule has 0 saturated heterocycles. The number of unbranched alkanes of at least 4 members (excludes halogenated alkanes) is 1. The standard InChI is InChI=1S/C28H44O/c1-4-22-10-12-23(13-11-22)8-6-7-9-24-14-16-25(17-15-24)26-18-20-27(21-19-26)28(5-2)29-3/h4,18-25,28H,1,5-17H2,2-3H3. The highest BCUT2D eigenvalue weighted by Crippen LogP contribution is 2.39. The van der Waals surface area contributed by atoms with Crippen molar-refractivity contribution in [2.24, 2.45) is 17.8 Å². The highest BCUT2D eigenvalue weighted by molar-refractivity contribution is 5.27. The lowest BCUT2D eigenvalue weighted by Gasteiger charge is -2.29. The first-order valence-corrected chi connectivity index (χ1v) is 12.5.